The van der Waals surface area contributed by atoms with Crippen molar-refractivity contribution in [3.8, 4) is 0 Å². The van der Waals surface area contributed by atoms with Crippen LogP contribution in [0.15, 0.2) is 5.38 Å². The van der Waals surface area contributed by atoms with Crippen molar-refractivity contribution in [2.24, 2.45) is 5.92 Å². The molecular weight excluding hydrogens is 406 g/mol. The lowest BCUT2D eigenvalue weighted by atomic mass is 9.87. The van der Waals surface area contributed by atoms with Crippen LogP contribution in [0.4, 0.5) is 5.13 Å². The molecule has 1 aliphatic carbocycles. The van der Waals surface area contributed by atoms with Gasteiger partial charge in [0.1, 0.15) is 10.7 Å². The average molecular weight is 434 g/mol. The summed E-state index contributed by atoms with van der Waals surface area (Å²) >= 11 is 2.92. The molecule has 29 heavy (non-hydrogen) atoms. The van der Waals surface area contributed by atoms with Crippen LogP contribution >= 0.6 is 22.7 Å². The number of nitrogens with one attached hydrogen (secondary N) is 1. The van der Waals surface area contributed by atoms with Crippen molar-refractivity contribution in [2.75, 3.05) is 18.4 Å². The highest BCUT2D eigenvalue weighted by atomic mass is 32.1. The molecule has 2 aromatic rings. The number of thiazole rings is 1. The molecule has 0 bridgehead atoms. The highest BCUT2D eigenvalue weighted by molar-refractivity contribution is 7.15. The van der Waals surface area contributed by atoms with Crippen LogP contribution in [0.25, 0.3) is 0 Å². The van der Waals surface area contributed by atoms with Crippen molar-refractivity contribution >= 4 is 39.6 Å². The fraction of sp³-hybridized carbons (Fsp3) is 0.650. The van der Waals surface area contributed by atoms with Gasteiger partial charge >= 0.3 is 0 Å². The second-order valence-corrected chi connectivity index (χ2v) is 9.77. The lowest BCUT2D eigenvalue weighted by Gasteiger charge is -2.34. The van der Waals surface area contributed by atoms with E-state index in [1.807, 2.05) is 12.3 Å². The Kier molecular flexibility index (Phi) is 6.54. The van der Waals surface area contributed by atoms with E-state index in [-0.39, 0.29) is 11.8 Å². The monoisotopic (exact) mass is 433 g/mol. The molecule has 7 nitrogen and oxygen atoms in total. The first kappa shape index (κ1) is 20.4. The first-order chi connectivity index (χ1) is 14.1. The van der Waals surface area contributed by atoms with Crippen LogP contribution in [0.1, 0.15) is 78.3 Å². The van der Waals surface area contributed by atoms with Crippen molar-refractivity contribution in [1.29, 1.82) is 0 Å². The second-order valence-electron chi connectivity index (χ2n) is 7.81. The minimum atomic E-state index is -0.240. The minimum absolute atomic E-state index is 0.240. The minimum Gasteiger partial charge on any atom is -0.342 e. The Hall–Kier alpha value is -1.87. The largest absolute Gasteiger partial charge is 0.342 e. The van der Waals surface area contributed by atoms with Crippen LogP contribution in [0.5, 0.6) is 0 Å². The predicted octanol–water partition coefficient (Wildman–Crippen LogP) is 4.10. The number of carbonyl (C=O) groups excluding carboxylic acids is 2. The third-order valence-corrected chi connectivity index (χ3v) is 7.84. The number of aromatic nitrogens is 3. The van der Waals surface area contributed by atoms with E-state index in [1.165, 1.54) is 41.9 Å². The molecule has 1 saturated carbocycles. The number of likely N-dealkylation sites (tertiary alicyclic amines) is 1. The number of aryl methyl sites for hydroxylation is 1. The van der Waals surface area contributed by atoms with Gasteiger partial charge in [-0.05, 0) is 32.1 Å². The molecule has 156 valence electrons. The van der Waals surface area contributed by atoms with Crippen molar-refractivity contribution in [3.63, 3.8) is 0 Å². The van der Waals surface area contributed by atoms with Gasteiger partial charge in [0, 0.05) is 30.3 Å². The zero-order valence-electron chi connectivity index (χ0n) is 16.7. The van der Waals surface area contributed by atoms with Crippen LogP contribution in [0.2, 0.25) is 0 Å². The maximum absolute atomic E-state index is 12.7. The first-order valence-corrected chi connectivity index (χ1v) is 12.2. The molecule has 2 aliphatic rings. The van der Waals surface area contributed by atoms with Gasteiger partial charge in [0.05, 0.1) is 5.01 Å². The van der Waals surface area contributed by atoms with E-state index in [9.17, 15) is 9.59 Å². The third-order valence-electron chi connectivity index (χ3n) is 5.85. The van der Waals surface area contributed by atoms with E-state index in [1.54, 1.807) is 0 Å². The lowest BCUT2D eigenvalue weighted by Crippen LogP contribution is -2.41. The van der Waals surface area contributed by atoms with E-state index >= 15 is 0 Å². The quantitative estimate of drug-likeness (QED) is 0.767. The number of anilines is 1. The number of amides is 2. The van der Waals surface area contributed by atoms with Crippen molar-refractivity contribution in [2.45, 2.75) is 64.2 Å². The molecule has 0 spiro atoms. The van der Waals surface area contributed by atoms with Crippen molar-refractivity contribution < 1.29 is 9.59 Å². The highest BCUT2D eigenvalue weighted by Crippen LogP contribution is 2.33. The zero-order valence-corrected chi connectivity index (χ0v) is 18.4. The number of carbonyl (C=O) groups is 2. The Morgan fingerprint density at radius 1 is 1.14 bits per heavy atom. The van der Waals surface area contributed by atoms with E-state index in [0.29, 0.717) is 22.7 Å². The summed E-state index contributed by atoms with van der Waals surface area (Å²) in [6, 6.07) is 0. The third kappa shape index (κ3) is 4.83. The highest BCUT2D eigenvalue weighted by Gasteiger charge is 2.30. The molecule has 3 heterocycles. The van der Waals surface area contributed by atoms with Gasteiger partial charge in [-0.25, -0.2) is 4.98 Å². The summed E-state index contributed by atoms with van der Waals surface area (Å²) in [5.41, 5.74) is 0.430. The molecule has 2 aromatic heterocycles. The zero-order chi connectivity index (χ0) is 20.2. The SMILES string of the molecule is CCc1nnc(NC(=O)c2csc(C3CCN(C(=O)C4CCCCC4)CC3)n2)s1. The smallest absolute Gasteiger partial charge is 0.276 e. The fourth-order valence-electron chi connectivity index (χ4n) is 4.14. The molecule has 0 aromatic carbocycles. The van der Waals surface area contributed by atoms with Crippen LogP contribution < -0.4 is 5.32 Å². The first-order valence-electron chi connectivity index (χ1n) is 10.5. The maximum atomic E-state index is 12.7. The molecule has 0 atom stereocenters. The van der Waals surface area contributed by atoms with E-state index < -0.39 is 0 Å². The number of hydrogen-bond donors (Lipinski definition) is 1. The Bertz CT molecular complexity index is 851. The number of piperidine rings is 1. The summed E-state index contributed by atoms with van der Waals surface area (Å²) < 4.78 is 0. The summed E-state index contributed by atoms with van der Waals surface area (Å²) in [5, 5.41) is 15.0. The second kappa shape index (κ2) is 9.30. The Morgan fingerprint density at radius 2 is 1.90 bits per heavy atom. The van der Waals surface area contributed by atoms with Gasteiger partial charge in [0.2, 0.25) is 11.0 Å². The van der Waals surface area contributed by atoms with Gasteiger partial charge in [-0.1, -0.05) is 37.5 Å². The van der Waals surface area contributed by atoms with Gasteiger partial charge in [-0.2, -0.15) is 0 Å². The summed E-state index contributed by atoms with van der Waals surface area (Å²) in [7, 11) is 0. The number of rotatable bonds is 5. The van der Waals surface area contributed by atoms with E-state index in [4.69, 9.17) is 0 Å². The predicted molar refractivity (Wildman–Crippen MR) is 114 cm³/mol. The van der Waals surface area contributed by atoms with Crippen LogP contribution in [0, 0.1) is 5.92 Å². The topological polar surface area (TPSA) is 88.1 Å². The van der Waals surface area contributed by atoms with Gasteiger partial charge in [0.15, 0.2) is 0 Å². The molecule has 9 heteroatoms. The van der Waals surface area contributed by atoms with Crippen molar-refractivity contribution in [3.05, 3.63) is 21.1 Å². The van der Waals surface area contributed by atoms with Gasteiger partial charge < -0.3 is 4.90 Å². The normalized spacial score (nSPS) is 18.7. The molecule has 0 unspecified atom stereocenters. The molecule has 1 saturated heterocycles. The standard InChI is InChI=1S/C20H27N5O2S2/c1-2-16-23-24-20(29-16)22-17(26)15-12-28-18(21-15)13-8-10-25(11-9-13)19(27)14-6-4-3-5-7-14/h12-14H,2-11H2,1H3,(H,22,24,26). The molecule has 2 amide bonds. The van der Waals surface area contributed by atoms with Crippen LogP contribution in [0.3, 0.4) is 0 Å². The molecule has 4 rings (SSSR count). The molecule has 1 N–H and O–H groups in total. The number of hydrogen-bond acceptors (Lipinski definition) is 7. The van der Waals surface area contributed by atoms with E-state index in [2.05, 4.69) is 25.4 Å². The van der Waals surface area contributed by atoms with Crippen LogP contribution in [-0.4, -0.2) is 45.0 Å². The molecule has 0 radical (unpaired) electrons. The Morgan fingerprint density at radius 3 is 2.59 bits per heavy atom. The molecule has 2 fully saturated rings. The summed E-state index contributed by atoms with van der Waals surface area (Å²) in [6.07, 6.45) is 8.39. The van der Waals surface area contributed by atoms with Crippen LogP contribution in [-0.2, 0) is 11.2 Å². The van der Waals surface area contributed by atoms with Gasteiger partial charge in [-0.15, -0.1) is 21.5 Å². The lowest BCUT2D eigenvalue weighted by molar-refractivity contribution is -0.137. The fourth-order valence-corrected chi connectivity index (χ4v) is 5.79. The Labute approximate surface area is 178 Å². The summed E-state index contributed by atoms with van der Waals surface area (Å²) in [4.78, 5) is 31.8. The summed E-state index contributed by atoms with van der Waals surface area (Å²) in [6.45, 7) is 3.60. The molecular formula is C20H27N5O2S2. The molecule has 1 aliphatic heterocycles. The summed E-state index contributed by atoms with van der Waals surface area (Å²) in [5.74, 6) is 0.677. The van der Waals surface area contributed by atoms with Gasteiger partial charge in [-0.3, -0.25) is 14.9 Å². The number of nitrogens with zero attached hydrogens (tertiary/aromatic N) is 4. The average Bonchev–Trinajstić information content (AvgIpc) is 3.44. The Balaban J connectivity index is 1.30. The van der Waals surface area contributed by atoms with Crippen molar-refractivity contribution in [1.82, 2.24) is 20.1 Å². The van der Waals surface area contributed by atoms with E-state index in [0.717, 1.165) is 55.2 Å². The van der Waals surface area contributed by atoms with Gasteiger partial charge in [0.25, 0.3) is 5.91 Å². The maximum Gasteiger partial charge on any atom is 0.276 e.